The Morgan fingerprint density at radius 1 is 0.962 bits per heavy atom. The number of halogens is 1. The second-order valence-electron chi connectivity index (χ2n) is 6.44. The number of carbonyl (C=O) groups excluding carboxylic acids is 1. The minimum absolute atomic E-state index is 0.0183. The molecule has 4 nitrogen and oxygen atoms in total. The van der Waals surface area contributed by atoms with Crippen LogP contribution in [0.3, 0.4) is 0 Å². The second-order valence-corrected chi connectivity index (χ2v) is 6.88. The number of carbonyl (C=O) groups is 1. The number of piperazine rings is 1. The van der Waals surface area contributed by atoms with Crippen LogP contribution in [0.25, 0.3) is 6.08 Å². The lowest BCUT2D eigenvalue weighted by Gasteiger charge is -2.33. The lowest BCUT2D eigenvalue weighted by Crippen LogP contribution is -2.48. The van der Waals surface area contributed by atoms with Gasteiger partial charge in [0.1, 0.15) is 0 Å². The van der Waals surface area contributed by atoms with Gasteiger partial charge in [-0.25, -0.2) is 0 Å². The molecule has 1 aliphatic heterocycles. The average Bonchev–Trinajstić information content (AvgIpc) is 2.66. The van der Waals surface area contributed by atoms with Gasteiger partial charge in [0.15, 0.2) is 0 Å². The van der Waals surface area contributed by atoms with Crippen molar-refractivity contribution in [1.29, 1.82) is 0 Å². The lowest BCUT2D eigenvalue weighted by molar-refractivity contribution is -0.117. The van der Waals surface area contributed by atoms with Crippen molar-refractivity contribution in [2.24, 2.45) is 0 Å². The molecule has 136 valence electrons. The van der Waals surface area contributed by atoms with Gasteiger partial charge in [-0.2, -0.15) is 0 Å². The van der Waals surface area contributed by atoms with E-state index in [1.807, 2.05) is 30.3 Å². The first kappa shape index (κ1) is 18.6. The van der Waals surface area contributed by atoms with E-state index in [-0.39, 0.29) is 5.91 Å². The maximum absolute atomic E-state index is 12.2. The number of benzene rings is 2. The molecule has 0 spiro atoms. The minimum Gasteiger partial charge on any atom is -0.325 e. The highest BCUT2D eigenvalue weighted by Gasteiger charge is 2.18. The zero-order chi connectivity index (χ0) is 18.2. The summed E-state index contributed by atoms with van der Waals surface area (Å²) in [7, 11) is 0. The van der Waals surface area contributed by atoms with Crippen LogP contribution in [-0.2, 0) is 4.79 Å². The largest absolute Gasteiger partial charge is 0.325 e. The van der Waals surface area contributed by atoms with Gasteiger partial charge >= 0.3 is 0 Å². The zero-order valence-corrected chi connectivity index (χ0v) is 15.5. The Kier molecular flexibility index (Phi) is 6.83. The highest BCUT2D eigenvalue weighted by Crippen LogP contribution is 2.13. The summed E-state index contributed by atoms with van der Waals surface area (Å²) >= 11 is 5.86. The van der Waals surface area contributed by atoms with Gasteiger partial charge in [0.2, 0.25) is 5.91 Å². The normalized spacial score (nSPS) is 16.0. The molecular weight excluding hydrogens is 346 g/mol. The number of hydrogen-bond acceptors (Lipinski definition) is 3. The van der Waals surface area contributed by atoms with Gasteiger partial charge in [0, 0.05) is 43.4 Å². The smallest absolute Gasteiger partial charge is 0.238 e. The zero-order valence-electron chi connectivity index (χ0n) is 14.8. The van der Waals surface area contributed by atoms with Crippen LogP contribution in [-0.4, -0.2) is 55.0 Å². The number of hydrogen-bond donors (Lipinski definition) is 1. The Balaban J connectivity index is 1.37. The summed E-state index contributed by atoms with van der Waals surface area (Å²) in [6.45, 7) is 5.15. The molecule has 3 rings (SSSR count). The van der Waals surface area contributed by atoms with Gasteiger partial charge in [-0.15, -0.1) is 0 Å². The summed E-state index contributed by atoms with van der Waals surface area (Å²) in [6.07, 6.45) is 4.37. The third kappa shape index (κ3) is 5.99. The molecule has 0 bridgehead atoms. The molecule has 1 heterocycles. The molecule has 1 aliphatic rings. The second kappa shape index (κ2) is 9.53. The standard InChI is InChI=1S/C21H24ClN3O/c22-19-8-10-20(11-9-19)23-21(26)17-25-15-13-24(14-16-25)12-4-7-18-5-2-1-3-6-18/h1-11H,12-17H2,(H,23,26)/b7-4+. The summed E-state index contributed by atoms with van der Waals surface area (Å²) in [5, 5.41) is 3.58. The Labute approximate surface area is 160 Å². The van der Waals surface area contributed by atoms with Crippen molar-refractivity contribution in [3.63, 3.8) is 0 Å². The molecule has 1 N–H and O–H groups in total. The van der Waals surface area contributed by atoms with E-state index >= 15 is 0 Å². The van der Waals surface area contributed by atoms with Gasteiger partial charge < -0.3 is 5.32 Å². The van der Waals surface area contributed by atoms with E-state index in [9.17, 15) is 4.79 Å². The lowest BCUT2D eigenvalue weighted by atomic mass is 10.2. The molecule has 0 saturated carbocycles. The maximum Gasteiger partial charge on any atom is 0.238 e. The summed E-state index contributed by atoms with van der Waals surface area (Å²) in [5.74, 6) is 0.0183. The fourth-order valence-electron chi connectivity index (χ4n) is 2.97. The molecule has 1 amide bonds. The van der Waals surface area contributed by atoms with Crippen molar-refractivity contribution >= 4 is 29.3 Å². The Morgan fingerprint density at radius 2 is 1.62 bits per heavy atom. The Morgan fingerprint density at radius 3 is 2.31 bits per heavy atom. The molecular formula is C21H24ClN3O. The van der Waals surface area contributed by atoms with Crippen LogP contribution in [0.1, 0.15) is 5.56 Å². The van der Waals surface area contributed by atoms with E-state index in [4.69, 9.17) is 11.6 Å². The van der Waals surface area contributed by atoms with Crippen molar-refractivity contribution in [3.05, 3.63) is 71.3 Å². The predicted octanol–water partition coefficient (Wildman–Crippen LogP) is 3.61. The highest BCUT2D eigenvalue weighted by molar-refractivity contribution is 6.30. The van der Waals surface area contributed by atoms with Crippen LogP contribution < -0.4 is 5.32 Å². The number of rotatable bonds is 6. The van der Waals surface area contributed by atoms with Gasteiger partial charge in [-0.1, -0.05) is 54.1 Å². The van der Waals surface area contributed by atoms with Crippen LogP contribution in [0.5, 0.6) is 0 Å². The summed E-state index contributed by atoms with van der Waals surface area (Å²) in [5.41, 5.74) is 2.01. The van der Waals surface area contributed by atoms with Gasteiger partial charge in [0.25, 0.3) is 0 Å². The van der Waals surface area contributed by atoms with Crippen molar-refractivity contribution in [1.82, 2.24) is 9.80 Å². The van der Waals surface area contributed by atoms with Crippen LogP contribution >= 0.6 is 11.6 Å². The topological polar surface area (TPSA) is 35.6 Å². The first-order valence-electron chi connectivity index (χ1n) is 8.91. The first-order valence-corrected chi connectivity index (χ1v) is 9.28. The van der Waals surface area contributed by atoms with E-state index in [1.165, 1.54) is 5.56 Å². The van der Waals surface area contributed by atoms with Gasteiger partial charge in [0.05, 0.1) is 6.54 Å². The third-order valence-electron chi connectivity index (χ3n) is 4.43. The van der Waals surface area contributed by atoms with Crippen molar-refractivity contribution in [2.45, 2.75) is 0 Å². The number of nitrogens with one attached hydrogen (secondary N) is 1. The SMILES string of the molecule is O=C(CN1CCN(C/C=C/c2ccccc2)CC1)Nc1ccc(Cl)cc1. The Hall–Kier alpha value is -2.14. The quantitative estimate of drug-likeness (QED) is 0.844. The highest BCUT2D eigenvalue weighted by atomic mass is 35.5. The summed E-state index contributed by atoms with van der Waals surface area (Å²) < 4.78 is 0. The van der Waals surface area contributed by atoms with Gasteiger partial charge in [-0.05, 0) is 29.8 Å². The van der Waals surface area contributed by atoms with E-state index in [1.54, 1.807) is 12.1 Å². The van der Waals surface area contributed by atoms with Crippen molar-refractivity contribution < 1.29 is 4.79 Å². The van der Waals surface area contributed by atoms with Crippen molar-refractivity contribution in [3.8, 4) is 0 Å². The number of nitrogens with zero attached hydrogens (tertiary/aromatic N) is 2. The van der Waals surface area contributed by atoms with E-state index in [0.29, 0.717) is 11.6 Å². The van der Waals surface area contributed by atoms with E-state index in [0.717, 1.165) is 38.4 Å². The first-order chi connectivity index (χ1) is 12.7. The fourth-order valence-corrected chi connectivity index (χ4v) is 3.09. The van der Waals surface area contributed by atoms with Gasteiger partial charge in [-0.3, -0.25) is 14.6 Å². The molecule has 1 saturated heterocycles. The van der Waals surface area contributed by atoms with Crippen LogP contribution in [0.4, 0.5) is 5.69 Å². The van der Waals surface area contributed by atoms with Crippen LogP contribution in [0.15, 0.2) is 60.7 Å². The fraction of sp³-hybridized carbons (Fsp3) is 0.286. The van der Waals surface area contributed by atoms with Crippen LogP contribution in [0, 0.1) is 0 Å². The molecule has 0 atom stereocenters. The van der Waals surface area contributed by atoms with E-state index < -0.39 is 0 Å². The molecule has 26 heavy (non-hydrogen) atoms. The monoisotopic (exact) mass is 369 g/mol. The average molecular weight is 370 g/mol. The number of anilines is 1. The molecule has 0 radical (unpaired) electrons. The third-order valence-corrected chi connectivity index (χ3v) is 4.69. The molecule has 0 unspecified atom stereocenters. The van der Waals surface area contributed by atoms with E-state index in [2.05, 4.69) is 39.4 Å². The molecule has 2 aromatic carbocycles. The summed E-state index contributed by atoms with van der Waals surface area (Å²) in [6, 6.07) is 17.5. The number of amides is 1. The maximum atomic E-state index is 12.2. The molecule has 2 aromatic rings. The summed E-state index contributed by atoms with van der Waals surface area (Å²) in [4.78, 5) is 16.8. The minimum atomic E-state index is 0.0183. The molecule has 0 aromatic heterocycles. The Bertz CT molecular complexity index is 723. The molecule has 1 fully saturated rings. The van der Waals surface area contributed by atoms with Crippen molar-refractivity contribution in [2.75, 3.05) is 44.6 Å². The van der Waals surface area contributed by atoms with Crippen LogP contribution in [0.2, 0.25) is 5.02 Å². The predicted molar refractivity (Wildman–Crippen MR) is 108 cm³/mol. The molecule has 5 heteroatoms. The molecule has 0 aliphatic carbocycles.